The van der Waals surface area contributed by atoms with Gasteiger partial charge in [0.15, 0.2) is 0 Å². The van der Waals surface area contributed by atoms with Gasteiger partial charge < -0.3 is 15.0 Å². The Morgan fingerprint density at radius 3 is 2.27 bits per heavy atom. The van der Waals surface area contributed by atoms with Crippen molar-refractivity contribution in [3.63, 3.8) is 0 Å². The molecule has 2 aliphatic rings. The van der Waals surface area contributed by atoms with E-state index in [9.17, 15) is 9.59 Å². The molecule has 1 aliphatic heterocycles. The highest BCUT2D eigenvalue weighted by Crippen LogP contribution is 2.43. The van der Waals surface area contributed by atoms with Gasteiger partial charge in [-0.25, -0.2) is 4.79 Å². The van der Waals surface area contributed by atoms with E-state index in [2.05, 4.69) is 22.3 Å². The molecule has 1 N–H and O–H groups in total. The van der Waals surface area contributed by atoms with Crippen LogP contribution in [-0.4, -0.2) is 53.6 Å². The number of piperazine rings is 1. The number of carbonyl (C=O) groups is 2. The minimum Gasteiger partial charge on any atom is -0.444 e. The second-order valence-electron chi connectivity index (χ2n) is 10.1. The molecule has 2 amide bonds. The molecule has 0 saturated carbocycles. The van der Waals surface area contributed by atoms with Crippen molar-refractivity contribution in [2.75, 3.05) is 26.2 Å². The molecule has 4 rings (SSSR count). The maximum absolute atomic E-state index is 14.0. The van der Waals surface area contributed by atoms with Gasteiger partial charge in [0.1, 0.15) is 11.1 Å². The Hall–Kier alpha value is -2.86. The fraction of sp³-hybridized carbons (Fsp3) is 0.481. The normalized spacial score (nSPS) is 21.9. The molecule has 1 saturated heterocycles. The van der Waals surface area contributed by atoms with Crippen LogP contribution < -0.4 is 5.32 Å². The smallest absolute Gasteiger partial charge is 0.410 e. The molecule has 0 radical (unpaired) electrons. The second-order valence-corrected chi connectivity index (χ2v) is 10.1. The first-order chi connectivity index (χ1) is 15.7. The van der Waals surface area contributed by atoms with Gasteiger partial charge in [-0.15, -0.1) is 0 Å². The van der Waals surface area contributed by atoms with E-state index in [1.54, 1.807) is 4.90 Å². The molecule has 1 unspecified atom stereocenters. The summed E-state index contributed by atoms with van der Waals surface area (Å²) in [5.74, 6) is 0.0366. The zero-order valence-electron chi connectivity index (χ0n) is 20.1. The van der Waals surface area contributed by atoms with Gasteiger partial charge >= 0.3 is 6.09 Å². The van der Waals surface area contributed by atoms with Crippen molar-refractivity contribution in [3.05, 3.63) is 71.3 Å². The van der Waals surface area contributed by atoms with E-state index < -0.39 is 11.1 Å². The number of nitrogens with one attached hydrogen (secondary N) is 1. The molecule has 1 fully saturated rings. The minimum atomic E-state index is -0.723. The maximum atomic E-state index is 14.0. The van der Waals surface area contributed by atoms with Crippen LogP contribution in [0.5, 0.6) is 0 Å². The highest BCUT2D eigenvalue weighted by molar-refractivity contribution is 5.89. The molecule has 0 spiro atoms. The van der Waals surface area contributed by atoms with Gasteiger partial charge in [0.25, 0.3) is 0 Å². The summed E-state index contributed by atoms with van der Waals surface area (Å²) in [6.07, 6.45) is 1.33. The van der Waals surface area contributed by atoms with Gasteiger partial charge in [-0.1, -0.05) is 54.6 Å². The van der Waals surface area contributed by atoms with Gasteiger partial charge in [-0.05, 0) is 57.2 Å². The van der Waals surface area contributed by atoms with Crippen LogP contribution in [0.4, 0.5) is 4.79 Å². The topological polar surface area (TPSA) is 61.9 Å². The first-order valence-corrected chi connectivity index (χ1v) is 11.9. The van der Waals surface area contributed by atoms with Crippen LogP contribution in [0.25, 0.3) is 0 Å². The van der Waals surface area contributed by atoms with E-state index in [0.29, 0.717) is 26.2 Å². The molecule has 0 bridgehead atoms. The zero-order chi connectivity index (χ0) is 23.6. The number of rotatable bonds is 4. The van der Waals surface area contributed by atoms with Crippen molar-refractivity contribution < 1.29 is 14.3 Å². The fourth-order valence-corrected chi connectivity index (χ4v) is 5.04. The fourth-order valence-electron chi connectivity index (χ4n) is 5.04. The maximum Gasteiger partial charge on any atom is 0.410 e. The summed E-state index contributed by atoms with van der Waals surface area (Å²) in [5, 5.41) is 3.30. The third-order valence-corrected chi connectivity index (χ3v) is 6.71. The quantitative estimate of drug-likeness (QED) is 0.758. The lowest BCUT2D eigenvalue weighted by molar-refractivity contribution is -0.136. The minimum absolute atomic E-state index is 0.0366. The molecular formula is C27H35N3O3. The van der Waals surface area contributed by atoms with Crippen molar-refractivity contribution in [2.45, 2.75) is 57.7 Å². The number of ether oxygens (including phenoxy) is 1. The van der Waals surface area contributed by atoms with Crippen LogP contribution >= 0.6 is 0 Å². The molecule has 2 aromatic rings. The highest BCUT2D eigenvalue weighted by Gasteiger charge is 2.50. The number of fused-ring (bicyclic) bond motifs is 1. The lowest BCUT2D eigenvalue weighted by Crippen LogP contribution is -2.61. The van der Waals surface area contributed by atoms with Gasteiger partial charge in [0.05, 0.1) is 6.04 Å². The van der Waals surface area contributed by atoms with Gasteiger partial charge in [-0.2, -0.15) is 0 Å². The monoisotopic (exact) mass is 449 g/mol. The van der Waals surface area contributed by atoms with E-state index in [1.165, 1.54) is 5.56 Å². The number of hydrogen-bond acceptors (Lipinski definition) is 4. The Morgan fingerprint density at radius 2 is 1.61 bits per heavy atom. The van der Waals surface area contributed by atoms with Gasteiger partial charge in [0, 0.05) is 26.2 Å². The number of benzene rings is 2. The molecule has 2 aromatic carbocycles. The number of nitrogens with zero attached hydrogens (tertiary/aromatic N) is 2. The third kappa shape index (κ3) is 4.76. The van der Waals surface area contributed by atoms with E-state index >= 15 is 0 Å². The van der Waals surface area contributed by atoms with Crippen LogP contribution in [0.3, 0.4) is 0 Å². The van der Waals surface area contributed by atoms with Crippen LogP contribution in [0, 0.1) is 0 Å². The molecular weight excluding hydrogens is 414 g/mol. The average molecular weight is 450 g/mol. The van der Waals surface area contributed by atoms with E-state index in [4.69, 9.17) is 4.74 Å². The predicted octanol–water partition coefficient (Wildman–Crippen LogP) is 4.26. The van der Waals surface area contributed by atoms with Crippen molar-refractivity contribution >= 4 is 12.0 Å². The molecule has 1 heterocycles. The number of amides is 2. The van der Waals surface area contributed by atoms with Crippen LogP contribution in [0.1, 0.15) is 56.8 Å². The summed E-state index contributed by atoms with van der Waals surface area (Å²) in [6.45, 7) is 10.0. The number of aryl methyl sites for hydroxylation is 1. The standard InChI is InChI=1S/C27H35N3O3/c1-20(21-10-6-5-7-11-21)28-24(31)27(15-14-22-12-8-9-13-23(22)27)30-18-16-29(17-19-30)25(32)33-26(2,3)4/h5-13,20H,14-19H2,1-4H3,(H,28,31)/t20-,27?/m1/s1. The van der Waals surface area contributed by atoms with Gasteiger partial charge in [-0.3, -0.25) is 9.69 Å². The summed E-state index contributed by atoms with van der Waals surface area (Å²) < 4.78 is 5.56. The predicted molar refractivity (Wildman–Crippen MR) is 129 cm³/mol. The Balaban J connectivity index is 1.56. The Bertz CT molecular complexity index is 993. The summed E-state index contributed by atoms with van der Waals surface area (Å²) >= 11 is 0. The van der Waals surface area contributed by atoms with Crippen molar-refractivity contribution in [2.24, 2.45) is 0 Å². The van der Waals surface area contributed by atoms with Crippen LogP contribution in [0.15, 0.2) is 54.6 Å². The first-order valence-electron chi connectivity index (χ1n) is 11.9. The molecule has 2 atom stereocenters. The Kier molecular flexibility index (Phi) is 6.48. The van der Waals surface area contributed by atoms with Crippen LogP contribution in [0.2, 0.25) is 0 Å². The van der Waals surface area contributed by atoms with E-state index in [0.717, 1.165) is 24.0 Å². The molecule has 176 valence electrons. The van der Waals surface area contributed by atoms with Crippen molar-refractivity contribution in [1.29, 1.82) is 0 Å². The summed E-state index contributed by atoms with van der Waals surface area (Å²) in [7, 11) is 0. The highest BCUT2D eigenvalue weighted by atomic mass is 16.6. The molecule has 6 nitrogen and oxygen atoms in total. The Morgan fingerprint density at radius 1 is 0.970 bits per heavy atom. The van der Waals surface area contributed by atoms with E-state index in [-0.39, 0.29) is 18.0 Å². The number of carbonyl (C=O) groups excluding carboxylic acids is 2. The zero-order valence-corrected chi connectivity index (χ0v) is 20.1. The van der Waals surface area contributed by atoms with Crippen molar-refractivity contribution in [3.8, 4) is 0 Å². The SMILES string of the molecule is C[C@@H](NC(=O)C1(N2CCN(C(=O)OC(C)(C)C)CC2)CCc2ccccc21)c1ccccc1. The lowest BCUT2D eigenvalue weighted by Gasteiger charge is -2.45. The van der Waals surface area contributed by atoms with Crippen LogP contribution in [-0.2, 0) is 21.5 Å². The van der Waals surface area contributed by atoms with Gasteiger partial charge in [0.2, 0.25) is 5.91 Å². The molecule has 33 heavy (non-hydrogen) atoms. The summed E-state index contributed by atoms with van der Waals surface area (Å²) in [6, 6.07) is 18.2. The molecule has 6 heteroatoms. The summed E-state index contributed by atoms with van der Waals surface area (Å²) in [5.41, 5.74) is 2.16. The van der Waals surface area contributed by atoms with Crippen molar-refractivity contribution in [1.82, 2.24) is 15.1 Å². The van der Waals surface area contributed by atoms with E-state index in [1.807, 2.05) is 70.2 Å². The first kappa shape index (κ1) is 23.3. The molecule has 1 aliphatic carbocycles. The molecule has 0 aromatic heterocycles. The largest absolute Gasteiger partial charge is 0.444 e. The second kappa shape index (κ2) is 9.18. The number of hydrogen-bond donors (Lipinski definition) is 1. The summed E-state index contributed by atoms with van der Waals surface area (Å²) in [4.78, 5) is 30.5. The lowest BCUT2D eigenvalue weighted by atomic mass is 9.87. The third-order valence-electron chi connectivity index (χ3n) is 6.71. The average Bonchev–Trinajstić information content (AvgIpc) is 3.19. The Labute approximate surface area is 196 Å².